The van der Waals surface area contributed by atoms with Gasteiger partial charge in [-0.2, -0.15) is 4.31 Å². The van der Waals surface area contributed by atoms with Crippen molar-refractivity contribution in [2.75, 3.05) is 13.1 Å². The lowest BCUT2D eigenvalue weighted by Gasteiger charge is -2.20. The van der Waals surface area contributed by atoms with Crippen LogP contribution in [0.1, 0.15) is 13.3 Å². The number of hydrogen-bond donors (Lipinski definition) is 1. The van der Waals surface area contributed by atoms with Crippen molar-refractivity contribution >= 4 is 38.8 Å². The van der Waals surface area contributed by atoms with Gasteiger partial charge in [0, 0.05) is 24.5 Å². The van der Waals surface area contributed by atoms with Crippen LogP contribution < -0.4 is 5.73 Å². The second kappa shape index (κ2) is 6.47. The predicted octanol–water partition coefficient (Wildman–Crippen LogP) is 2.03. The molecule has 0 radical (unpaired) electrons. The Morgan fingerprint density at radius 2 is 1.94 bits per heavy atom. The van der Waals surface area contributed by atoms with Gasteiger partial charge in [-0.05, 0) is 24.3 Å². The monoisotopic (exact) mass is 306 g/mol. The minimum atomic E-state index is -3.50. The Hall–Kier alpha value is -0.690. The molecule has 18 heavy (non-hydrogen) atoms. The Bertz CT molecular complexity index is 514. The van der Waals surface area contributed by atoms with E-state index in [2.05, 4.69) is 0 Å². The Morgan fingerprint density at radius 3 is 2.39 bits per heavy atom. The van der Waals surface area contributed by atoms with Gasteiger partial charge in [-0.1, -0.05) is 30.7 Å². The van der Waals surface area contributed by atoms with E-state index >= 15 is 0 Å². The molecule has 0 aliphatic carbocycles. The zero-order chi connectivity index (χ0) is 13.8. The lowest BCUT2D eigenvalue weighted by molar-refractivity contribution is 0.437. The molecule has 0 spiro atoms. The van der Waals surface area contributed by atoms with Gasteiger partial charge in [0.25, 0.3) is 0 Å². The second-order valence-corrected chi connectivity index (χ2v) is 6.57. The first-order chi connectivity index (χ1) is 8.37. The van der Waals surface area contributed by atoms with Crippen LogP contribution >= 0.6 is 23.8 Å². The van der Waals surface area contributed by atoms with Gasteiger partial charge in [0.1, 0.15) is 0 Å². The molecule has 0 aromatic heterocycles. The number of sulfonamides is 1. The van der Waals surface area contributed by atoms with Crippen LogP contribution in [0.15, 0.2) is 29.2 Å². The summed E-state index contributed by atoms with van der Waals surface area (Å²) in [6, 6.07) is 6.08. The molecule has 7 heteroatoms. The molecule has 0 bridgehead atoms. The molecule has 2 N–H and O–H groups in total. The number of nitrogens with two attached hydrogens (primary N) is 1. The molecule has 0 saturated heterocycles. The molecule has 1 aromatic rings. The highest BCUT2D eigenvalue weighted by molar-refractivity contribution is 7.89. The molecule has 0 aliphatic rings. The Kier molecular flexibility index (Phi) is 5.52. The molecule has 1 rings (SSSR count). The largest absolute Gasteiger partial charge is 0.393 e. The molecule has 4 nitrogen and oxygen atoms in total. The van der Waals surface area contributed by atoms with Crippen molar-refractivity contribution in [1.82, 2.24) is 4.31 Å². The second-order valence-electron chi connectivity index (χ2n) is 3.67. The van der Waals surface area contributed by atoms with Gasteiger partial charge in [-0.25, -0.2) is 8.42 Å². The SMILES string of the molecule is CCN(CCC(N)=S)S(=O)(=O)c1ccc(Cl)cc1. The summed E-state index contributed by atoms with van der Waals surface area (Å²) >= 11 is 10.5. The Labute approximate surface area is 118 Å². The average molecular weight is 307 g/mol. The van der Waals surface area contributed by atoms with Gasteiger partial charge in [0.05, 0.1) is 9.88 Å². The maximum Gasteiger partial charge on any atom is 0.243 e. The third-order valence-corrected chi connectivity index (χ3v) is 4.86. The number of benzene rings is 1. The van der Waals surface area contributed by atoms with Gasteiger partial charge in [0.15, 0.2) is 0 Å². The van der Waals surface area contributed by atoms with Crippen molar-refractivity contribution < 1.29 is 8.42 Å². The van der Waals surface area contributed by atoms with Crippen LogP contribution in [0.4, 0.5) is 0 Å². The van der Waals surface area contributed by atoms with Crippen LogP contribution in [0, 0.1) is 0 Å². The Balaban J connectivity index is 2.95. The minimum Gasteiger partial charge on any atom is -0.393 e. The smallest absolute Gasteiger partial charge is 0.243 e. The molecular formula is C11H15ClN2O2S2. The fourth-order valence-electron chi connectivity index (χ4n) is 1.44. The highest BCUT2D eigenvalue weighted by atomic mass is 35.5. The lowest BCUT2D eigenvalue weighted by atomic mass is 10.4. The summed E-state index contributed by atoms with van der Waals surface area (Å²) < 4.78 is 25.9. The summed E-state index contributed by atoms with van der Waals surface area (Å²) in [4.78, 5) is 0.524. The van der Waals surface area contributed by atoms with Gasteiger partial charge in [0.2, 0.25) is 10.0 Å². The first-order valence-electron chi connectivity index (χ1n) is 5.42. The molecular weight excluding hydrogens is 292 g/mol. The topological polar surface area (TPSA) is 63.4 Å². The summed E-state index contributed by atoms with van der Waals surface area (Å²) in [5, 5.41) is 0.500. The number of hydrogen-bond acceptors (Lipinski definition) is 3. The quantitative estimate of drug-likeness (QED) is 0.817. The van der Waals surface area contributed by atoms with Crippen molar-refractivity contribution in [1.29, 1.82) is 0 Å². The van der Waals surface area contributed by atoms with E-state index in [0.29, 0.717) is 23.0 Å². The normalized spacial score (nSPS) is 11.7. The summed E-state index contributed by atoms with van der Waals surface area (Å²) in [7, 11) is -3.50. The first kappa shape index (κ1) is 15.4. The van der Waals surface area contributed by atoms with Crippen molar-refractivity contribution in [3.8, 4) is 0 Å². The first-order valence-corrected chi connectivity index (χ1v) is 7.64. The van der Waals surface area contributed by atoms with E-state index in [4.69, 9.17) is 29.6 Å². The highest BCUT2D eigenvalue weighted by Gasteiger charge is 2.22. The molecule has 0 amide bonds. The van der Waals surface area contributed by atoms with Crippen LogP contribution in [-0.2, 0) is 10.0 Å². The van der Waals surface area contributed by atoms with Crippen LogP contribution in [0.3, 0.4) is 0 Å². The summed E-state index contributed by atoms with van der Waals surface area (Å²) in [5.74, 6) is 0. The molecule has 100 valence electrons. The third kappa shape index (κ3) is 3.91. The van der Waals surface area contributed by atoms with E-state index in [1.54, 1.807) is 19.1 Å². The molecule has 0 unspecified atom stereocenters. The van der Waals surface area contributed by atoms with E-state index < -0.39 is 10.0 Å². The molecule has 1 aromatic carbocycles. The maximum atomic E-state index is 12.3. The van der Waals surface area contributed by atoms with Gasteiger partial charge < -0.3 is 5.73 Å². The molecule has 0 saturated carbocycles. The highest BCUT2D eigenvalue weighted by Crippen LogP contribution is 2.18. The fraction of sp³-hybridized carbons (Fsp3) is 0.364. The third-order valence-electron chi connectivity index (χ3n) is 2.41. The summed E-state index contributed by atoms with van der Waals surface area (Å²) in [5.41, 5.74) is 5.39. The van der Waals surface area contributed by atoms with E-state index in [9.17, 15) is 8.42 Å². The van der Waals surface area contributed by atoms with Crippen LogP contribution in [0.25, 0.3) is 0 Å². The summed E-state index contributed by atoms with van der Waals surface area (Å²) in [6.45, 7) is 2.43. The number of halogens is 1. The van der Waals surface area contributed by atoms with Gasteiger partial charge in [-0.3, -0.25) is 0 Å². The van der Waals surface area contributed by atoms with E-state index in [-0.39, 0.29) is 11.4 Å². The van der Waals surface area contributed by atoms with Crippen LogP contribution in [-0.4, -0.2) is 30.8 Å². The Morgan fingerprint density at radius 1 is 1.39 bits per heavy atom. The number of rotatable bonds is 6. The minimum absolute atomic E-state index is 0.219. The van der Waals surface area contributed by atoms with E-state index in [1.807, 2.05) is 0 Å². The average Bonchev–Trinajstić information content (AvgIpc) is 2.29. The fourth-order valence-corrected chi connectivity index (χ4v) is 3.11. The van der Waals surface area contributed by atoms with Crippen molar-refractivity contribution in [2.24, 2.45) is 5.73 Å². The standard InChI is InChI=1S/C11H15ClN2O2S2/c1-2-14(8-7-11(13)17)18(15,16)10-5-3-9(12)4-6-10/h3-6H,2,7-8H2,1H3,(H2,13,17). The summed E-state index contributed by atoms with van der Waals surface area (Å²) in [6.07, 6.45) is 0.371. The maximum absolute atomic E-state index is 12.3. The lowest BCUT2D eigenvalue weighted by Crippen LogP contribution is -2.33. The van der Waals surface area contributed by atoms with E-state index in [0.717, 1.165) is 0 Å². The van der Waals surface area contributed by atoms with Crippen LogP contribution in [0.2, 0.25) is 5.02 Å². The predicted molar refractivity (Wildman–Crippen MR) is 77.3 cm³/mol. The zero-order valence-corrected chi connectivity index (χ0v) is 12.4. The van der Waals surface area contributed by atoms with Crippen molar-refractivity contribution in [2.45, 2.75) is 18.2 Å². The van der Waals surface area contributed by atoms with Gasteiger partial charge >= 0.3 is 0 Å². The zero-order valence-electron chi connectivity index (χ0n) is 9.97. The van der Waals surface area contributed by atoms with Crippen molar-refractivity contribution in [3.05, 3.63) is 29.3 Å². The van der Waals surface area contributed by atoms with Crippen LogP contribution in [0.5, 0.6) is 0 Å². The number of nitrogens with zero attached hydrogens (tertiary/aromatic N) is 1. The van der Waals surface area contributed by atoms with Crippen molar-refractivity contribution in [3.63, 3.8) is 0 Å². The molecule has 0 aliphatic heterocycles. The molecule has 0 atom stereocenters. The van der Waals surface area contributed by atoms with Gasteiger partial charge in [-0.15, -0.1) is 0 Å². The molecule has 0 fully saturated rings. The molecule has 0 heterocycles. The van der Waals surface area contributed by atoms with E-state index in [1.165, 1.54) is 16.4 Å². The number of thiocarbonyl (C=S) groups is 1.